The maximum absolute atomic E-state index is 13.7. The van der Waals surface area contributed by atoms with Gasteiger partial charge in [-0.1, -0.05) is 6.07 Å². The molecule has 0 radical (unpaired) electrons. The molecule has 0 saturated heterocycles. The van der Waals surface area contributed by atoms with Crippen LogP contribution in [0.15, 0.2) is 36.4 Å². The minimum absolute atomic E-state index is 0.0942. The van der Waals surface area contributed by atoms with Crippen LogP contribution in [0, 0.1) is 5.82 Å². The van der Waals surface area contributed by atoms with Gasteiger partial charge in [-0.25, -0.2) is 9.18 Å². The van der Waals surface area contributed by atoms with E-state index in [1.54, 1.807) is 0 Å². The van der Waals surface area contributed by atoms with Gasteiger partial charge in [-0.2, -0.15) is 13.2 Å². The first-order chi connectivity index (χ1) is 11.7. The third kappa shape index (κ3) is 3.15. The van der Waals surface area contributed by atoms with Gasteiger partial charge in [0, 0.05) is 17.3 Å². The average molecular weight is 353 g/mol. The van der Waals surface area contributed by atoms with Gasteiger partial charge in [0.25, 0.3) is 0 Å². The molecule has 130 valence electrons. The summed E-state index contributed by atoms with van der Waals surface area (Å²) < 4.78 is 51.6. The molecule has 0 fully saturated rings. The van der Waals surface area contributed by atoms with Gasteiger partial charge in [-0.3, -0.25) is 0 Å². The maximum Gasteiger partial charge on any atom is 0.419 e. The molecule has 0 amide bonds. The molecule has 2 aromatic carbocycles. The second-order valence-electron chi connectivity index (χ2n) is 5.50. The normalized spacial score (nSPS) is 11.8. The quantitative estimate of drug-likeness (QED) is 0.614. The van der Waals surface area contributed by atoms with E-state index in [4.69, 9.17) is 0 Å². The molecule has 25 heavy (non-hydrogen) atoms. The van der Waals surface area contributed by atoms with Gasteiger partial charge in [0.2, 0.25) is 0 Å². The molecule has 0 bridgehead atoms. The van der Waals surface area contributed by atoms with E-state index in [1.165, 1.54) is 18.2 Å². The lowest BCUT2D eigenvalue weighted by molar-refractivity contribution is -0.140. The van der Waals surface area contributed by atoms with Crippen molar-refractivity contribution in [1.29, 1.82) is 0 Å². The number of carboxylic acid groups (broad SMARTS) is 1. The van der Waals surface area contributed by atoms with Crippen molar-refractivity contribution >= 4 is 16.9 Å². The van der Waals surface area contributed by atoms with Crippen LogP contribution in [0.3, 0.4) is 0 Å². The third-order valence-electron chi connectivity index (χ3n) is 3.82. The number of carboxylic acids is 1. The fourth-order valence-electron chi connectivity index (χ4n) is 2.70. The van der Waals surface area contributed by atoms with Crippen molar-refractivity contribution in [3.05, 3.63) is 64.6 Å². The predicted molar refractivity (Wildman–Crippen MR) is 81.1 cm³/mol. The predicted octanol–water partition coefficient (Wildman–Crippen LogP) is 4.32. The topological polar surface area (TPSA) is 73.3 Å². The number of rotatable bonds is 3. The minimum atomic E-state index is -4.80. The molecule has 0 spiro atoms. The summed E-state index contributed by atoms with van der Waals surface area (Å²) in [6.07, 6.45) is -4.92. The lowest BCUT2D eigenvalue weighted by Gasteiger charge is -2.09. The minimum Gasteiger partial charge on any atom is -0.508 e. The van der Waals surface area contributed by atoms with Crippen molar-refractivity contribution in [2.45, 2.75) is 12.6 Å². The van der Waals surface area contributed by atoms with Gasteiger partial charge in [0.05, 0.1) is 5.56 Å². The Labute approximate surface area is 138 Å². The summed E-state index contributed by atoms with van der Waals surface area (Å²) in [5.41, 5.74) is -0.681. The first kappa shape index (κ1) is 16.8. The van der Waals surface area contributed by atoms with Crippen LogP contribution in [0.1, 0.15) is 27.2 Å². The van der Waals surface area contributed by atoms with Crippen LogP contribution in [0.4, 0.5) is 17.6 Å². The van der Waals surface area contributed by atoms with Crippen molar-refractivity contribution in [1.82, 2.24) is 4.98 Å². The number of aromatic amines is 1. The van der Waals surface area contributed by atoms with Crippen molar-refractivity contribution in [3.63, 3.8) is 0 Å². The highest BCUT2D eigenvalue weighted by molar-refractivity contribution is 5.98. The average Bonchev–Trinajstić information content (AvgIpc) is 2.84. The zero-order valence-corrected chi connectivity index (χ0v) is 12.5. The fraction of sp³-hybridized carbons (Fsp3) is 0.118. The summed E-state index contributed by atoms with van der Waals surface area (Å²) in [4.78, 5) is 14.1. The first-order valence-electron chi connectivity index (χ1n) is 7.09. The number of nitrogens with one attached hydrogen (secondary N) is 1. The Kier molecular flexibility index (Phi) is 3.90. The lowest BCUT2D eigenvalue weighted by Crippen LogP contribution is -2.08. The second kappa shape index (κ2) is 5.80. The zero-order chi connectivity index (χ0) is 18.4. The number of aromatic carboxylic acids is 1. The molecule has 4 nitrogen and oxygen atoms in total. The molecule has 8 heteroatoms. The smallest absolute Gasteiger partial charge is 0.419 e. The van der Waals surface area contributed by atoms with E-state index < -0.39 is 23.5 Å². The van der Waals surface area contributed by atoms with Crippen LogP contribution in [0.5, 0.6) is 5.75 Å². The molecule has 1 heterocycles. The Bertz CT molecular complexity index is 976. The van der Waals surface area contributed by atoms with Crippen LogP contribution in [-0.4, -0.2) is 21.2 Å². The van der Waals surface area contributed by atoms with E-state index in [-0.39, 0.29) is 29.0 Å². The summed E-state index contributed by atoms with van der Waals surface area (Å²) in [7, 11) is 0. The number of hydrogen-bond donors (Lipinski definition) is 3. The molecule has 3 aromatic rings. The Hall–Kier alpha value is -3.03. The molecule has 0 atom stereocenters. The Morgan fingerprint density at radius 1 is 1.12 bits per heavy atom. The van der Waals surface area contributed by atoms with Gasteiger partial charge in [0.15, 0.2) is 0 Å². The van der Waals surface area contributed by atoms with Crippen molar-refractivity contribution < 1.29 is 32.6 Å². The Balaban J connectivity index is 2.08. The molecular formula is C17H11F4NO3. The zero-order valence-electron chi connectivity index (χ0n) is 12.5. The van der Waals surface area contributed by atoms with Crippen LogP contribution in [0.2, 0.25) is 0 Å². The highest BCUT2D eigenvalue weighted by Crippen LogP contribution is 2.33. The molecule has 3 N–H and O–H groups in total. The largest absolute Gasteiger partial charge is 0.508 e. The number of alkyl halides is 3. The number of carbonyl (C=O) groups is 1. The number of halogens is 4. The van der Waals surface area contributed by atoms with Crippen LogP contribution >= 0.6 is 0 Å². The summed E-state index contributed by atoms with van der Waals surface area (Å²) in [6.45, 7) is 0. The molecule has 0 aliphatic heterocycles. The van der Waals surface area contributed by atoms with E-state index in [0.717, 1.165) is 12.1 Å². The SMILES string of the molecule is O=C(O)c1[nH]c2ccc(O)cc2c1Cc1ccc(C(F)(F)F)c(F)c1. The van der Waals surface area contributed by atoms with Crippen molar-refractivity contribution in [2.24, 2.45) is 0 Å². The molecule has 3 rings (SSSR count). The number of fused-ring (bicyclic) bond motifs is 1. The summed E-state index contributed by atoms with van der Waals surface area (Å²) >= 11 is 0. The molecule has 0 unspecified atom stereocenters. The number of H-pyrrole nitrogens is 1. The molecule has 0 aliphatic rings. The van der Waals surface area contributed by atoms with Gasteiger partial charge in [0.1, 0.15) is 17.3 Å². The number of aromatic hydroxyl groups is 1. The first-order valence-corrected chi connectivity index (χ1v) is 7.09. The van der Waals surface area contributed by atoms with E-state index in [0.29, 0.717) is 17.0 Å². The lowest BCUT2D eigenvalue weighted by atomic mass is 10.00. The highest BCUT2D eigenvalue weighted by atomic mass is 19.4. The summed E-state index contributed by atoms with van der Waals surface area (Å²) in [6, 6.07) is 6.64. The van der Waals surface area contributed by atoms with E-state index in [1.807, 2.05) is 0 Å². The van der Waals surface area contributed by atoms with Gasteiger partial charge in [-0.15, -0.1) is 0 Å². The number of aromatic nitrogens is 1. The Morgan fingerprint density at radius 2 is 1.84 bits per heavy atom. The van der Waals surface area contributed by atoms with Crippen molar-refractivity contribution in [3.8, 4) is 5.75 Å². The third-order valence-corrected chi connectivity index (χ3v) is 3.82. The van der Waals surface area contributed by atoms with Gasteiger partial charge in [-0.05, 0) is 41.5 Å². The number of phenolic OH excluding ortho intramolecular Hbond substituents is 1. The summed E-state index contributed by atoms with van der Waals surface area (Å²) in [5.74, 6) is -2.79. The van der Waals surface area contributed by atoms with Gasteiger partial charge < -0.3 is 15.2 Å². The van der Waals surface area contributed by atoms with E-state index >= 15 is 0 Å². The number of hydrogen-bond acceptors (Lipinski definition) is 2. The van der Waals surface area contributed by atoms with E-state index in [2.05, 4.69) is 4.98 Å². The highest BCUT2D eigenvalue weighted by Gasteiger charge is 2.34. The number of phenols is 1. The van der Waals surface area contributed by atoms with Crippen molar-refractivity contribution in [2.75, 3.05) is 0 Å². The molecule has 0 saturated carbocycles. The molecule has 0 aliphatic carbocycles. The molecule has 1 aromatic heterocycles. The standard InChI is InChI=1S/C17H11F4NO3/c18-13-6-8(1-3-12(13)17(19,20)21)5-11-10-7-9(23)2-4-14(10)22-15(11)16(24)25/h1-4,6-7,22-23H,5H2,(H,24,25). The van der Waals surface area contributed by atoms with Crippen LogP contribution < -0.4 is 0 Å². The molecular weight excluding hydrogens is 342 g/mol. The van der Waals surface area contributed by atoms with Gasteiger partial charge >= 0.3 is 12.1 Å². The van der Waals surface area contributed by atoms with E-state index in [9.17, 15) is 32.6 Å². The monoisotopic (exact) mass is 353 g/mol. The Morgan fingerprint density at radius 3 is 2.44 bits per heavy atom. The second-order valence-corrected chi connectivity index (χ2v) is 5.50. The van der Waals surface area contributed by atoms with Crippen LogP contribution in [0.25, 0.3) is 10.9 Å². The van der Waals surface area contributed by atoms with Crippen LogP contribution in [-0.2, 0) is 12.6 Å². The number of benzene rings is 2. The fourth-order valence-corrected chi connectivity index (χ4v) is 2.70. The summed E-state index contributed by atoms with van der Waals surface area (Å²) in [5, 5.41) is 19.3. The maximum atomic E-state index is 13.7.